The van der Waals surface area contributed by atoms with Gasteiger partial charge in [0.25, 0.3) is 0 Å². The zero-order valence-corrected chi connectivity index (χ0v) is 30.4. The maximum absolute atomic E-state index is 6.48. The van der Waals surface area contributed by atoms with Gasteiger partial charge in [-0.3, -0.25) is 0 Å². The van der Waals surface area contributed by atoms with E-state index in [-0.39, 0.29) is 0 Å². The summed E-state index contributed by atoms with van der Waals surface area (Å²) >= 11 is 0. The molecular formula is C54H33NO. The van der Waals surface area contributed by atoms with Crippen LogP contribution in [0, 0.1) is 0 Å². The summed E-state index contributed by atoms with van der Waals surface area (Å²) in [6.07, 6.45) is 0. The Labute approximate surface area is 325 Å². The Kier molecular flexibility index (Phi) is 6.58. The van der Waals surface area contributed by atoms with Crippen LogP contribution in [0.25, 0.3) is 89.0 Å². The van der Waals surface area contributed by atoms with E-state index in [4.69, 9.17) is 9.40 Å². The molecule has 2 aliphatic carbocycles. The minimum atomic E-state index is -0.404. The molecule has 2 nitrogen and oxygen atoms in total. The fraction of sp³-hybridized carbons (Fsp3) is 0.0185. The Bertz CT molecular complexity index is 3160. The predicted molar refractivity (Wildman–Crippen MR) is 230 cm³/mol. The number of hydrogen-bond acceptors (Lipinski definition) is 2. The smallest absolute Gasteiger partial charge is 0.143 e. The zero-order chi connectivity index (χ0) is 36.8. The molecule has 0 fully saturated rings. The maximum Gasteiger partial charge on any atom is 0.143 e. The van der Waals surface area contributed by atoms with Gasteiger partial charge in [0.15, 0.2) is 0 Å². The first-order chi connectivity index (χ1) is 27.8. The van der Waals surface area contributed by atoms with E-state index >= 15 is 0 Å². The Hall–Kier alpha value is -7.29. The summed E-state index contributed by atoms with van der Waals surface area (Å²) in [5.74, 6) is 0. The second-order valence-electron chi connectivity index (χ2n) is 15.0. The van der Waals surface area contributed by atoms with Gasteiger partial charge in [-0.05, 0) is 85.5 Å². The van der Waals surface area contributed by atoms with E-state index in [2.05, 4.69) is 188 Å². The standard InChI is InChI=1S/C54H33NO/c1-2-15-34(16-3-1)49-32-37(33-50(55-49)36-18-12-17-35(31-36)39-24-13-25-43-42-21-7-11-30-51(42)56-53(39)43)38-23-14-29-48-52(38)44-22-6-10-28-47(44)54(48)45-26-8-4-19-40(45)41-20-5-9-27-46(41)54/h1-33H. The van der Waals surface area contributed by atoms with E-state index in [1.165, 1.54) is 50.1 Å². The number of para-hydroxylation sites is 2. The Morgan fingerprint density at radius 3 is 1.64 bits per heavy atom. The molecule has 0 N–H and O–H groups in total. The van der Waals surface area contributed by atoms with Crippen LogP contribution in [0.3, 0.4) is 0 Å². The number of nitrogens with zero attached hydrogens (tertiary/aromatic N) is 1. The van der Waals surface area contributed by atoms with Crippen LogP contribution in [0.5, 0.6) is 0 Å². The van der Waals surface area contributed by atoms with Crippen LogP contribution in [0.1, 0.15) is 22.3 Å². The van der Waals surface area contributed by atoms with E-state index in [9.17, 15) is 0 Å². The highest BCUT2D eigenvalue weighted by atomic mass is 16.3. The van der Waals surface area contributed by atoms with Gasteiger partial charge in [0.2, 0.25) is 0 Å². The number of benzene rings is 8. The molecule has 0 radical (unpaired) electrons. The Morgan fingerprint density at radius 2 is 0.857 bits per heavy atom. The number of fused-ring (bicyclic) bond motifs is 13. The molecule has 0 unspecified atom stereocenters. The molecule has 0 bridgehead atoms. The first-order valence-corrected chi connectivity index (χ1v) is 19.3. The van der Waals surface area contributed by atoms with E-state index in [0.717, 1.165) is 61.1 Å². The molecule has 10 aromatic rings. The predicted octanol–water partition coefficient (Wildman–Crippen LogP) is 14.0. The van der Waals surface area contributed by atoms with Gasteiger partial charge in [-0.2, -0.15) is 0 Å². The van der Waals surface area contributed by atoms with Gasteiger partial charge in [0.1, 0.15) is 11.2 Å². The molecule has 56 heavy (non-hydrogen) atoms. The summed E-state index contributed by atoms with van der Waals surface area (Å²) in [6.45, 7) is 0. The van der Waals surface area contributed by atoms with E-state index < -0.39 is 5.41 Å². The van der Waals surface area contributed by atoms with Crippen molar-refractivity contribution in [3.05, 3.63) is 222 Å². The van der Waals surface area contributed by atoms with Gasteiger partial charge in [-0.25, -0.2) is 4.98 Å². The largest absolute Gasteiger partial charge is 0.455 e. The van der Waals surface area contributed by atoms with Crippen molar-refractivity contribution in [3.63, 3.8) is 0 Å². The van der Waals surface area contributed by atoms with Crippen LogP contribution in [0.2, 0.25) is 0 Å². The molecule has 12 rings (SSSR count). The van der Waals surface area contributed by atoms with Crippen molar-refractivity contribution in [2.24, 2.45) is 0 Å². The van der Waals surface area contributed by atoms with Gasteiger partial charge in [-0.15, -0.1) is 0 Å². The highest BCUT2D eigenvalue weighted by Crippen LogP contribution is 2.64. The van der Waals surface area contributed by atoms with Gasteiger partial charge in [-0.1, -0.05) is 176 Å². The van der Waals surface area contributed by atoms with Gasteiger partial charge in [0.05, 0.1) is 16.8 Å². The third-order valence-electron chi connectivity index (χ3n) is 12.1. The number of hydrogen-bond donors (Lipinski definition) is 0. The minimum absolute atomic E-state index is 0.404. The number of pyridine rings is 1. The SMILES string of the molecule is c1ccc(-c2cc(-c3cccc4c3-c3ccccc3C43c4ccccc4-c4ccccc43)cc(-c3cccc(-c4cccc5c4oc4ccccc45)c3)n2)cc1. The number of furan rings is 1. The Morgan fingerprint density at radius 1 is 0.339 bits per heavy atom. The lowest BCUT2D eigenvalue weighted by Crippen LogP contribution is -2.25. The molecule has 0 saturated carbocycles. The van der Waals surface area contributed by atoms with Gasteiger partial charge in [0, 0.05) is 27.5 Å². The summed E-state index contributed by atoms with van der Waals surface area (Å²) in [6, 6.07) is 72.5. The van der Waals surface area contributed by atoms with Crippen molar-refractivity contribution >= 4 is 21.9 Å². The molecule has 260 valence electrons. The molecule has 0 atom stereocenters. The second kappa shape index (κ2) is 11.9. The molecule has 2 aromatic heterocycles. The van der Waals surface area contributed by atoms with Crippen molar-refractivity contribution in [2.45, 2.75) is 5.41 Å². The van der Waals surface area contributed by atoms with Crippen LogP contribution in [0.15, 0.2) is 205 Å². The average molecular weight is 712 g/mol. The van der Waals surface area contributed by atoms with Crippen molar-refractivity contribution in [1.82, 2.24) is 4.98 Å². The normalized spacial score (nSPS) is 13.1. The number of aromatic nitrogens is 1. The highest BCUT2D eigenvalue weighted by molar-refractivity contribution is 6.09. The Balaban J connectivity index is 1.09. The molecule has 0 amide bonds. The highest BCUT2D eigenvalue weighted by Gasteiger charge is 2.51. The molecule has 2 aliphatic rings. The van der Waals surface area contributed by atoms with Gasteiger partial charge < -0.3 is 4.42 Å². The lowest BCUT2D eigenvalue weighted by Gasteiger charge is -2.30. The summed E-state index contributed by atoms with van der Waals surface area (Å²) in [7, 11) is 0. The van der Waals surface area contributed by atoms with E-state index in [1.807, 2.05) is 12.1 Å². The third-order valence-corrected chi connectivity index (χ3v) is 12.1. The second-order valence-corrected chi connectivity index (χ2v) is 15.0. The monoisotopic (exact) mass is 711 g/mol. The van der Waals surface area contributed by atoms with Crippen LogP contribution in [0.4, 0.5) is 0 Å². The quantitative estimate of drug-likeness (QED) is 0.182. The molecule has 8 aromatic carbocycles. The topological polar surface area (TPSA) is 26.0 Å². The van der Waals surface area contributed by atoms with Crippen LogP contribution in [-0.4, -0.2) is 4.98 Å². The fourth-order valence-electron chi connectivity index (χ4n) is 9.80. The third kappa shape index (κ3) is 4.30. The lowest BCUT2D eigenvalue weighted by molar-refractivity contribution is 0.670. The molecule has 0 aliphatic heterocycles. The number of rotatable bonds is 4. The van der Waals surface area contributed by atoms with Crippen molar-refractivity contribution in [2.75, 3.05) is 0 Å². The molecule has 0 saturated heterocycles. The van der Waals surface area contributed by atoms with Crippen molar-refractivity contribution in [3.8, 4) is 67.0 Å². The van der Waals surface area contributed by atoms with Crippen LogP contribution < -0.4 is 0 Å². The minimum Gasteiger partial charge on any atom is -0.455 e. The molecule has 1 spiro atoms. The lowest BCUT2D eigenvalue weighted by atomic mass is 9.70. The van der Waals surface area contributed by atoms with Crippen LogP contribution in [-0.2, 0) is 5.41 Å². The summed E-state index contributed by atoms with van der Waals surface area (Å²) in [4.78, 5) is 5.38. The summed E-state index contributed by atoms with van der Waals surface area (Å²) < 4.78 is 6.48. The van der Waals surface area contributed by atoms with Gasteiger partial charge >= 0.3 is 0 Å². The first-order valence-electron chi connectivity index (χ1n) is 19.3. The van der Waals surface area contributed by atoms with Crippen LogP contribution >= 0.6 is 0 Å². The average Bonchev–Trinajstić information content (AvgIpc) is 3.91. The molecule has 2 heterocycles. The van der Waals surface area contributed by atoms with Crippen molar-refractivity contribution in [1.29, 1.82) is 0 Å². The summed E-state index contributed by atoms with van der Waals surface area (Å²) in [5, 5.41) is 2.25. The van der Waals surface area contributed by atoms with E-state index in [1.54, 1.807) is 0 Å². The maximum atomic E-state index is 6.48. The molecule has 2 heteroatoms. The zero-order valence-electron chi connectivity index (χ0n) is 30.4. The van der Waals surface area contributed by atoms with E-state index in [0.29, 0.717) is 0 Å². The fourth-order valence-corrected chi connectivity index (χ4v) is 9.80. The van der Waals surface area contributed by atoms with Crippen molar-refractivity contribution < 1.29 is 4.42 Å². The first kappa shape index (κ1) is 31.1. The summed E-state index contributed by atoms with van der Waals surface area (Å²) in [5.41, 5.74) is 20.5. The molecular weight excluding hydrogens is 679 g/mol.